The molecule has 0 aromatic rings. The number of aliphatic carboxylic acids is 1. The molecule has 4 nitrogen and oxygen atoms in total. The molecular formula is C5H11KO4. The van der Waals surface area contributed by atoms with Gasteiger partial charge in [-0.05, 0) is 13.8 Å². The van der Waals surface area contributed by atoms with Gasteiger partial charge in [0.2, 0.25) is 0 Å². The van der Waals surface area contributed by atoms with Crippen LogP contribution in [-0.4, -0.2) is 84.4 Å². The van der Waals surface area contributed by atoms with Gasteiger partial charge in [0.15, 0.2) is 6.10 Å². The van der Waals surface area contributed by atoms with Gasteiger partial charge in [-0.3, -0.25) is 0 Å². The zero-order chi connectivity index (χ0) is 7.65. The minimum atomic E-state index is -1.71. The van der Waals surface area contributed by atoms with Crippen LogP contribution in [0.25, 0.3) is 0 Å². The molecular weight excluding hydrogens is 163 g/mol. The van der Waals surface area contributed by atoms with Crippen LogP contribution in [0.3, 0.4) is 0 Å². The van der Waals surface area contributed by atoms with E-state index >= 15 is 0 Å². The maximum atomic E-state index is 9.94. The second kappa shape index (κ2) is 4.81. The molecule has 5 heteroatoms. The predicted molar refractivity (Wildman–Crippen MR) is 37.1 cm³/mol. The van der Waals surface area contributed by atoms with Crippen LogP contribution < -0.4 is 0 Å². The third kappa shape index (κ3) is 4.78. The van der Waals surface area contributed by atoms with Gasteiger partial charge in [-0.15, -0.1) is 0 Å². The number of hydrogen-bond acceptors (Lipinski definition) is 3. The molecule has 0 aromatic carbocycles. The summed E-state index contributed by atoms with van der Waals surface area (Å²) in [5.74, 6) is -1.41. The van der Waals surface area contributed by atoms with Crippen LogP contribution in [0, 0.1) is 0 Å². The molecule has 0 aliphatic rings. The molecule has 1 unspecified atom stereocenters. The van der Waals surface area contributed by atoms with Gasteiger partial charge in [-0.1, -0.05) is 0 Å². The van der Waals surface area contributed by atoms with Gasteiger partial charge in [0.25, 0.3) is 0 Å². The maximum absolute atomic E-state index is 9.94. The first-order valence-electron chi connectivity index (χ1n) is 2.49. The number of hydrogen-bond donors (Lipinski definition) is 3. The van der Waals surface area contributed by atoms with E-state index < -0.39 is 17.7 Å². The summed E-state index contributed by atoms with van der Waals surface area (Å²) < 4.78 is 0. The molecule has 0 aliphatic heterocycles. The van der Waals surface area contributed by atoms with Crippen molar-refractivity contribution in [1.29, 1.82) is 0 Å². The van der Waals surface area contributed by atoms with E-state index in [-0.39, 0.29) is 51.4 Å². The SMILES string of the molecule is CC(C)(O)C(O)C(=O)O.[KH]. The molecule has 0 saturated carbocycles. The van der Waals surface area contributed by atoms with Crippen LogP contribution in [0.1, 0.15) is 13.8 Å². The Morgan fingerprint density at radius 1 is 1.50 bits per heavy atom. The second-order valence-corrected chi connectivity index (χ2v) is 2.39. The van der Waals surface area contributed by atoms with Crippen LogP contribution in [0.4, 0.5) is 0 Å². The van der Waals surface area contributed by atoms with Gasteiger partial charge >= 0.3 is 57.4 Å². The van der Waals surface area contributed by atoms with Gasteiger partial charge < -0.3 is 15.3 Å². The second-order valence-electron chi connectivity index (χ2n) is 2.39. The molecule has 0 radical (unpaired) electrons. The van der Waals surface area contributed by atoms with Gasteiger partial charge in [0.1, 0.15) is 0 Å². The molecule has 0 saturated heterocycles. The molecule has 0 aliphatic carbocycles. The first kappa shape index (κ1) is 13.6. The average molecular weight is 174 g/mol. The minimum absolute atomic E-state index is 0. The summed E-state index contributed by atoms with van der Waals surface area (Å²) in [7, 11) is 0. The Hall–Kier alpha value is 1.03. The van der Waals surface area contributed by atoms with E-state index in [9.17, 15) is 4.79 Å². The van der Waals surface area contributed by atoms with Gasteiger partial charge in [0, 0.05) is 0 Å². The van der Waals surface area contributed by atoms with Crippen molar-refractivity contribution in [2.45, 2.75) is 25.6 Å². The number of rotatable bonds is 2. The van der Waals surface area contributed by atoms with E-state index in [1.54, 1.807) is 0 Å². The molecule has 0 fully saturated rings. The molecule has 0 amide bonds. The number of carbonyl (C=O) groups is 1. The molecule has 0 bridgehead atoms. The van der Waals surface area contributed by atoms with E-state index in [4.69, 9.17) is 15.3 Å². The fraction of sp³-hybridized carbons (Fsp3) is 0.800. The van der Waals surface area contributed by atoms with Crippen LogP contribution >= 0.6 is 0 Å². The summed E-state index contributed by atoms with van der Waals surface area (Å²) in [5, 5.41) is 25.5. The summed E-state index contributed by atoms with van der Waals surface area (Å²) >= 11 is 0. The normalized spacial score (nSPS) is 13.6. The topological polar surface area (TPSA) is 77.8 Å². The van der Waals surface area contributed by atoms with Crippen LogP contribution in [0.2, 0.25) is 0 Å². The van der Waals surface area contributed by atoms with Crippen molar-refractivity contribution in [3.63, 3.8) is 0 Å². The Labute approximate surface area is 102 Å². The van der Waals surface area contributed by atoms with E-state index in [1.807, 2.05) is 0 Å². The third-order valence-electron chi connectivity index (χ3n) is 0.903. The fourth-order valence-corrected chi connectivity index (χ4v) is 0.302. The van der Waals surface area contributed by atoms with Crippen molar-refractivity contribution in [1.82, 2.24) is 0 Å². The molecule has 3 N–H and O–H groups in total. The Morgan fingerprint density at radius 2 is 1.80 bits per heavy atom. The standard InChI is InChI=1S/C5H10O4.K.H/c1-5(2,9)3(6)4(7)8;;/h3,6,9H,1-2H3,(H,7,8);;. The fourth-order valence-electron chi connectivity index (χ4n) is 0.302. The van der Waals surface area contributed by atoms with E-state index in [0.29, 0.717) is 0 Å². The summed E-state index contributed by atoms with van der Waals surface area (Å²) in [4.78, 5) is 9.94. The number of carboxylic acid groups (broad SMARTS) is 1. The Kier molecular flexibility index (Phi) is 6.55. The zero-order valence-corrected chi connectivity index (χ0v) is 5.33. The molecule has 0 aromatic heterocycles. The van der Waals surface area contributed by atoms with E-state index in [1.165, 1.54) is 13.8 Å². The Balaban J connectivity index is 0. The number of aliphatic hydroxyl groups is 2. The van der Waals surface area contributed by atoms with Crippen molar-refractivity contribution in [3.05, 3.63) is 0 Å². The molecule has 10 heavy (non-hydrogen) atoms. The van der Waals surface area contributed by atoms with Crippen molar-refractivity contribution in [3.8, 4) is 0 Å². The third-order valence-corrected chi connectivity index (χ3v) is 0.903. The average Bonchev–Trinajstić information content (AvgIpc) is 1.62. The summed E-state index contributed by atoms with van der Waals surface area (Å²) in [5.41, 5.74) is -1.56. The quantitative estimate of drug-likeness (QED) is 0.448. The molecule has 56 valence electrons. The van der Waals surface area contributed by atoms with Crippen molar-refractivity contribution < 1.29 is 20.1 Å². The van der Waals surface area contributed by atoms with Gasteiger partial charge in [-0.25, -0.2) is 4.79 Å². The molecule has 0 rings (SSSR count). The predicted octanol–water partition coefficient (Wildman–Crippen LogP) is -1.45. The van der Waals surface area contributed by atoms with Gasteiger partial charge in [0.05, 0.1) is 5.60 Å². The van der Waals surface area contributed by atoms with E-state index in [2.05, 4.69) is 0 Å². The van der Waals surface area contributed by atoms with Crippen molar-refractivity contribution >= 4 is 57.4 Å². The first-order chi connectivity index (χ1) is 3.85. The summed E-state index contributed by atoms with van der Waals surface area (Å²) in [6.45, 7) is 2.46. The summed E-state index contributed by atoms with van der Waals surface area (Å²) in [6, 6.07) is 0. The van der Waals surface area contributed by atoms with Gasteiger partial charge in [-0.2, -0.15) is 0 Å². The zero-order valence-electron chi connectivity index (χ0n) is 5.33. The number of aliphatic hydroxyl groups excluding tert-OH is 1. The van der Waals surface area contributed by atoms with Crippen LogP contribution in [0.5, 0.6) is 0 Å². The van der Waals surface area contributed by atoms with Crippen molar-refractivity contribution in [2.24, 2.45) is 0 Å². The van der Waals surface area contributed by atoms with Crippen LogP contribution in [0.15, 0.2) is 0 Å². The number of carboxylic acids is 1. The van der Waals surface area contributed by atoms with Crippen molar-refractivity contribution in [2.75, 3.05) is 0 Å². The first-order valence-corrected chi connectivity index (χ1v) is 2.49. The molecule has 0 spiro atoms. The van der Waals surface area contributed by atoms with Crippen LogP contribution in [-0.2, 0) is 4.79 Å². The Morgan fingerprint density at radius 3 is 1.80 bits per heavy atom. The monoisotopic (exact) mass is 174 g/mol. The molecule has 1 atom stereocenters. The molecule has 0 heterocycles. The Bertz CT molecular complexity index is 117. The van der Waals surface area contributed by atoms with E-state index in [0.717, 1.165) is 0 Å². The summed E-state index contributed by atoms with van der Waals surface area (Å²) in [6.07, 6.45) is -1.71.